The molecule has 0 bridgehead atoms. The van der Waals surface area contributed by atoms with Crippen LogP contribution in [0, 0.1) is 0 Å². The van der Waals surface area contributed by atoms with Crippen molar-refractivity contribution >= 4 is 5.78 Å². The molecule has 0 saturated heterocycles. The first-order chi connectivity index (χ1) is 7.83. The molecule has 2 rings (SSSR count). The number of aromatic amines is 1. The fourth-order valence-corrected chi connectivity index (χ4v) is 1.93. The Morgan fingerprint density at radius 2 is 1.94 bits per heavy atom. The first-order valence-electron chi connectivity index (χ1n) is 5.55. The van der Waals surface area contributed by atoms with Gasteiger partial charge in [-0.25, -0.2) is 0 Å². The SMILES string of the molecule is CCC(C(=O)c1ccc[nH]1)c1ccccc1. The number of hydrogen-bond acceptors (Lipinski definition) is 1. The first-order valence-corrected chi connectivity index (χ1v) is 5.55. The molecular formula is C14H15NO. The van der Waals surface area contributed by atoms with Gasteiger partial charge in [0.15, 0.2) is 5.78 Å². The molecule has 0 aliphatic carbocycles. The lowest BCUT2D eigenvalue weighted by Gasteiger charge is -2.12. The average Bonchev–Trinajstić information content (AvgIpc) is 2.85. The minimum atomic E-state index is -0.0418. The number of carbonyl (C=O) groups excluding carboxylic acids is 1. The van der Waals surface area contributed by atoms with Crippen molar-refractivity contribution in [1.29, 1.82) is 0 Å². The highest BCUT2D eigenvalue weighted by atomic mass is 16.1. The topological polar surface area (TPSA) is 32.9 Å². The van der Waals surface area contributed by atoms with E-state index in [2.05, 4.69) is 4.98 Å². The van der Waals surface area contributed by atoms with Gasteiger partial charge in [0.1, 0.15) is 0 Å². The Bertz CT molecular complexity index is 445. The lowest BCUT2D eigenvalue weighted by Crippen LogP contribution is -2.12. The van der Waals surface area contributed by atoms with E-state index in [1.54, 1.807) is 6.20 Å². The van der Waals surface area contributed by atoms with Crippen LogP contribution in [0.5, 0.6) is 0 Å². The second-order valence-electron chi connectivity index (χ2n) is 3.82. The fraction of sp³-hybridized carbons (Fsp3) is 0.214. The third kappa shape index (κ3) is 2.06. The molecule has 0 radical (unpaired) electrons. The van der Waals surface area contributed by atoms with Crippen molar-refractivity contribution in [3.8, 4) is 0 Å². The standard InChI is InChI=1S/C14H15NO/c1-2-12(11-7-4-3-5-8-11)14(16)13-9-6-10-15-13/h3-10,12,15H,2H2,1H3. The van der Waals surface area contributed by atoms with Crippen molar-refractivity contribution in [1.82, 2.24) is 4.98 Å². The van der Waals surface area contributed by atoms with E-state index in [0.717, 1.165) is 12.0 Å². The molecule has 1 aromatic carbocycles. The summed E-state index contributed by atoms with van der Waals surface area (Å²) < 4.78 is 0. The van der Waals surface area contributed by atoms with Gasteiger partial charge in [0.2, 0.25) is 0 Å². The predicted octanol–water partition coefficient (Wildman–Crippen LogP) is 3.39. The van der Waals surface area contributed by atoms with Crippen LogP contribution in [0.2, 0.25) is 0 Å². The molecule has 82 valence electrons. The highest BCUT2D eigenvalue weighted by Gasteiger charge is 2.20. The Kier molecular flexibility index (Phi) is 3.20. The van der Waals surface area contributed by atoms with E-state index in [9.17, 15) is 4.79 Å². The summed E-state index contributed by atoms with van der Waals surface area (Å²) in [4.78, 5) is 15.2. The number of H-pyrrole nitrogens is 1. The third-order valence-corrected chi connectivity index (χ3v) is 2.79. The maximum absolute atomic E-state index is 12.2. The molecule has 1 aromatic heterocycles. The molecule has 0 aliphatic heterocycles. The highest BCUT2D eigenvalue weighted by Crippen LogP contribution is 2.23. The highest BCUT2D eigenvalue weighted by molar-refractivity contribution is 5.99. The van der Waals surface area contributed by atoms with Gasteiger partial charge in [-0.1, -0.05) is 37.3 Å². The molecule has 0 saturated carbocycles. The molecule has 2 aromatic rings. The van der Waals surface area contributed by atoms with Crippen molar-refractivity contribution in [2.75, 3.05) is 0 Å². The van der Waals surface area contributed by atoms with E-state index < -0.39 is 0 Å². The second-order valence-corrected chi connectivity index (χ2v) is 3.82. The van der Waals surface area contributed by atoms with E-state index in [1.165, 1.54) is 0 Å². The van der Waals surface area contributed by atoms with E-state index in [-0.39, 0.29) is 11.7 Å². The molecule has 2 nitrogen and oxygen atoms in total. The van der Waals surface area contributed by atoms with Gasteiger partial charge in [-0.05, 0) is 24.1 Å². The summed E-state index contributed by atoms with van der Waals surface area (Å²) in [6.07, 6.45) is 2.60. The first kappa shape index (κ1) is 10.7. The van der Waals surface area contributed by atoms with E-state index in [0.29, 0.717) is 5.69 Å². The fourth-order valence-electron chi connectivity index (χ4n) is 1.93. The van der Waals surface area contributed by atoms with Crippen molar-refractivity contribution in [2.24, 2.45) is 0 Å². The zero-order valence-electron chi connectivity index (χ0n) is 9.31. The maximum atomic E-state index is 12.2. The molecule has 1 N–H and O–H groups in total. The van der Waals surface area contributed by atoms with Crippen LogP contribution >= 0.6 is 0 Å². The molecule has 1 unspecified atom stereocenters. The van der Waals surface area contributed by atoms with Gasteiger partial charge in [-0.3, -0.25) is 4.79 Å². The van der Waals surface area contributed by atoms with Gasteiger partial charge < -0.3 is 4.98 Å². The number of rotatable bonds is 4. The Hall–Kier alpha value is -1.83. The van der Waals surface area contributed by atoms with Crippen LogP contribution in [0.4, 0.5) is 0 Å². The summed E-state index contributed by atoms with van der Waals surface area (Å²) in [7, 11) is 0. The number of nitrogens with one attached hydrogen (secondary N) is 1. The van der Waals surface area contributed by atoms with E-state index >= 15 is 0 Å². The zero-order chi connectivity index (χ0) is 11.4. The number of ketones is 1. The summed E-state index contributed by atoms with van der Waals surface area (Å²) in [6, 6.07) is 13.6. The number of carbonyl (C=O) groups is 1. The zero-order valence-corrected chi connectivity index (χ0v) is 9.31. The largest absolute Gasteiger partial charge is 0.359 e. The molecular weight excluding hydrogens is 198 g/mol. The smallest absolute Gasteiger partial charge is 0.186 e. The lowest BCUT2D eigenvalue weighted by atomic mass is 9.91. The van der Waals surface area contributed by atoms with Gasteiger partial charge >= 0.3 is 0 Å². The van der Waals surface area contributed by atoms with Crippen LogP contribution < -0.4 is 0 Å². The summed E-state index contributed by atoms with van der Waals surface area (Å²) >= 11 is 0. The third-order valence-electron chi connectivity index (χ3n) is 2.79. The minimum absolute atomic E-state index is 0.0418. The maximum Gasteiger partial charge on any atom is 0.186 e. The van der Waals surface area contributed by atoms with Crippen molar-refractivity contribution in [3.63, 3.8) is 0 Å². The normalized spacial score (nSPS) is 12.3. The second kappa shape index (κ2) is 4.79. The summed E-state index contributed by atoms with van der Waals surface area (Å²) in [5, 5.41) is 0. The molecule has 0 fully saturated rings. The monoisotopic (exact) mass is 213 g/mol. The molecule has 0 amide bonds. The van der Waals surface area contributed by atoms with Crippen LogP contribution in [-0.2, 0) is 0 Å². The Morgan fingerprint density at radius 1 is 1.19 bits per heavy atom. The van der Waals surface area contributed by atoms with Gasteiger partial charge in [-0.15, -0.1) is 0 Å². The van der Waals surface area contributed by atoms with Crippen LogP contribution in [0.15, 0.2) is 48.7 Å². The van der Waals surface area contributed by atoms with Crippen LogP contribution in [0.1, 0.15) is 35.3 Å². The average molecular weight is 213 g/mol. The van der Waals surface area contributed by atoms with Gasteiger partial charge in [0.25, 0.3) is 0 Å². The Balaban J connectivity index is 2.27. The molecule has 1 heterocycles. The quantitative estimate of drug-likeness (QED) is 0.776. The molecule has 0 spiro atoms. The van der Waals surface area contributed by atoms with Crippen molar-refractivity contribution < 1.29 is 4.79 Å². The number of hydrogen-bond donors (Lipinski definition) is 1. The minimum Gasteiger partial charge on any atom is -0.359 e. The number of Topliss-reactive ketones (excluding diaryl/α,β-unsaturated/α-hetero) is 1. The van der Waals surface area contributed by atoms with Gasteiger partial charge in [0.05, 0.1) is 5.69 Å². The van der Waals surface area contributed by atoms with Gasteiger partial charge in [-0.2, -0.15) is 0 Å². The van der Waals surface area contributed by atoms with E-state index in [1.807, 2.05) is 49.4 Å². The van der Waals surface area contributed by atoms with Crippen LogP contribution in [0.3, 0.4) is 0 Å². The molecule has 16 heavy (non-hydrogen) atoms. The number of benzene rings is 1. The summed E-state index contributed by atoms with van der Waals surface area (Å²) in [5.74, 6) is 0.124. The molecule has 1 atom stereocenters. The number of aromatic nitrogens is 1. The van der Waals surface area contributed by atoms with Crippen LogP contribution in [0.25, 0.3) is 0 Å². The predicted molar refractivity (Wildman–Crippen MR) is 64.6 cm³/mol. The molecule has 2 heteroatoms. The van der Waals surface area contributed by atoms with E-state index in [4.69, 9.17) is 0 Å². The summed E-state index contributed by atoms with van der Waals surface area (Å²) in [5.41, 5.74) is 1.78. The van der Waals surface area contributed by atoms with Crippen molar-refractivity contribution in [2.45, 2.75) is 19.3 Å². The van der Waals surface area contributed by atoms with Crippen LogP contribution in [-0.4, -0.2) is 10.8 Å². The summed E-state index contributed by atoms with van der Waals surface area (Å²) in [6.45, 7) is 2.04. The lowest BCUT2D eigenvalue weighted by molar-refractivity contribution is 0.0953. The Morgan fingerprint density at radius 3 is 2.50 bits per heavy atom. The van der Waals surface area contributed by atoms with Crippen molar-refractivity contribution in [3.05, 3.63) is 59.9 Å². The molecule has 0 aliphatic rings. The Labute approximate surface area is 95.3 Å². The van der Waals surface area contributed by atoms with Gasteiger partial charge in [0, 0.05) is 12.1 Å².